The molecule has 2 nitrogen and oxygen atoms in total. The molecule has 0 aliphatic heterocycles. The summed E-state index contributed by atoms with van der Waals surface area (Å²) in [5.74, 6) is 0. The number of anilines is 1. The van der Waals surface area contributed by atoms with Crippen LogP contribution in [0.2, 0.25) is 5.02 Å². The Morgan fingerprint density at radius 2 is 2.05 bits per heavy atom. The summed E-state index contributed by atoms with van der Waals surface area (Å²) in [4.78, 5) is 0.396. The summed E-state index contributed by atoms with van der Waals surface area (Å²) >= 11 is 11.1. The quantitative estimate of drug-likeness (QED) is 0.524. The highest BCUT2D eigenvalue weighted by atomic mass is 35.5. The van der Waals surface area contributed by atoms with Crippen molar-refractivity contribution in [1.82, 2.24) is 0 Å². The van der Waals surface area contributed by atoms with Crippen molar-refractivity contribution in [3.8, 4) is 0 Å². The van der Waals surface area contributed by atoms with Crippen molar-refractivity contribution in [3.05, 3.63) is 28.8 Å². The molecule has 1 rings (SSSR count). The van der Waals surface area contributed by atoms with Crippen molar-refractivity contribution >= 4 is 34.5 Å². The van der Waals surface area contributed by atoms with Crippen LogP contribution in [0, 0.1) is 5.41 Å². The van der Waals surface area contributed by atoms with Crippen molar-refractivity contribution in [2.24, 2.45) is 11.1 Å². The van der Waals surface area contributed by atoms with Gasteiger partial charge in [0.05, 0.1) is 0 Å². The van der Waals surface area contributed by atoms with Gasteiger partial charge >= 0.3 is 0 Å². The molecule has 1 aromatic rings. The first-order valence-electron chi connectivity index (χ1n) is 7.19. The monoisotopic (exact) mass is 312 g/mol. The summed E-state index contributed by atoms with van der Waals surface area (Å²) in [6.45, 7) is 7.67. The Balaban J connectivity index is 2.68. The molecule has 20 heavy (non-hydrogen) atoms. The van der Waals surface area contributed by atoms with Crippen LogP contribution >= 0.6 is 23.8 Å². The largest absolute Gasteiger partial charge is 0.389 e. The van der Waals surface area contributed by atoms with Crippen LogP contribution in [0.4, 0.5) is 5.69 Å². The molecule has 0 spiro atoms. The van der Waals surface area contributed by atoms with E-state index in [-0.39, 0.29) is 5.41 Å². The van der Waals surface area contributed by atoms with Crippen molar-refractivity contribution in [2.75, 3.05) is 11.9 Å². The number of hydrogen-bond acceptors (Lipinski definition) is 2. The van der Waals surface area contributed by atoms with Gasteiger partial charge in [-0.25, -0.2) is 0 Å². The molecule has 0 radical (unpaired) electrons. The van der Waals surface area contributed by atoms with Gasteiger partial charge in [-0.3, -0.25) is 0 Å². The third-order valence-electron chi connectivity index (χ3n) is 3.46. The van der Waals surface area contributed by atoms with E-state index >= 15 is 0 Å². The minimum Gasteiger partial charge on any atom is -0.389 e. The second-order valence-corrected chi connectivity index (χ2v) is 6.91. The van der Waals surface area contributed by atoms with E-state index < -0.39 is 0 Å². The van der Waals surface area contributed by atoms with Gasteiger partial charge in [-0.1, -0.05) is 63.9 Å². The Morgan fingerprint density at radius 1 is 1.35 bits per heavy atom. The molecule has 0 aliphatic rings. The molecule has 0 heterocycles. The van der Waals surface area contributed by atoms with E-state index in [9.17, 15) is 0 Å². The molecule has 0 amide bonds. The van der Waals surface area contributed by atoms with E-state index in [2.05, 4.69) is 26.1 Å². The summed E-state index contributed by atoms with van der Waals surface area (Å²) in [7, 11) is 0. The van der Waals surface area contributed by atoms with Crippen LogP contribution in [-0.4, -0.2) is 11.5 Å². The highest BCUT2D eigenvalue weighted by Gasteiger charge is 2.18. The first kappa shape index (κ1) is 17.3. The third kappa shape index (κ3) is 5.68. The molecule has 0 aromatic heterocycles. The Bertz CT molecular complexity index is 458. The lowest BCUT2D eigenvalue weighted by atomic mass is 9.86. The fourth-order valence-electron chi connectivity index (χ4n) is 2.15. The van der Waals surface area contributed by atoms with Gasteiger partial charge < -0.3 is 11.1 Å². The molecule has 0 saturated heterocycles. The fraction of sp³-hybridized carbons (Fsp3) is 0.562. The standard InChI is InChI=1S/C16H25ClN2S/c1-4-5-6-9-16(2,3)11-19-14-10-12(17)7-8-13(14)15(18)20/h7-8,10,19H,4-6,9,11H2,1-3H3,(H2,18,20). The molecule has 0 bridgehead atoms. The third-order valence-corrected chi connectivity index (χ3v) is 3.92. The number of unbranched alkanes of at least 4 members (excludes halogenated alkanes) is 2. The van der Waals surface area contributed by atoms with Crippen molar-refractivity contribution in [1.29, 1.82) is 0 Å². The smallest absolute Gasteiger partial charge is 0.106 e. The lowest BCUT2D eigenvalue weighted by Gasteiger charge is -2.26. The maximum atomic E-state index is 6.05. The second-order valence-electron chi connectivity index (χ2n) is 6.03. The van der Waals surface area contributed by atoms with E-state index in [1.165, 1.54) is 25.7 Å². The number of hydrogen-bond donors (Lipinski definition) is 2. The van der Waals surface area contributed by atoms with Crippen LogP contribution in [0.5, 0.6) is 0 Å². The average molecular weight is 313 g/mol. The van der Waals surface area contributed by atoms with E-state index in [1.807, 2.05) is 18.2 Å². The minimum atomic E-state index is 0.241. The minimum absolute atomic E-state index is 0.241. The average Bonchev–Trinajstić information content (AvgIpc) is 2.36. The number of benzene rings is 1. The van der Waals surface area contributed by atoms with Crippen LogP contribution in [0.25, 0.3) is 0 Å². The predicted molar refractivity (Wildman–Crippen MR) is 93.8 cm³/mol. The number of halogens is 1. The zero-order chi connectivity index (χ0) is 15.2. The van der Waals surface area contributed by atoms with E-state index in [4.69, 9.17) is 29.6 Å². The van der Waals surface area contributed by atoms with Crippen molar-refractivity contribution < 1.29 is 0 Å². The number of rotatable bonds is 8. The van der Waals surface area contributed by atoms with Gasteiger partial charge in [0, 0.05) is 22.8 Å². The molecular formula is C16H25ClN2S. The van der Waals surface area contributed by atoms with Gasteiger partial charge in [0.15, 0.2) is 0 Å². The van der Waals surface area contributed by atoms with Gasteiger partial charge in [0.25, 0.3) is 0 Å². The summed E-state index contributed by atoms with van der Waals surface area (Å²) < 4.78 is 0. The summed E-state index contributed by atoms with van der Waals surface area (Å²) in [6.07, 6.45) is 5.02. The highest BCUT2D eigenvalue weighted by molar-refractivity contribution is 7.80. The molecule has 3 N–H and O–H groups in total. The molecule has 4 heteroatoms. The molecule has 0 aliphatic carbocycles. The first-order valence-corrected chi connectivity index (χ1v) is 7.97. The van der Waals surface area contributed by atoms with Crippen LogP contribution in [0.15, 0.2) is 18.2 Å². The predicted octanol–water partition coefficient (Wildman–Crippen LogP) is 4.99. The summed E-state index contributed by atoms with van der Waals surface area (Å²) in [6, 6.07) is 5.57. The molecular weight excluding hydrogens is 288 g/mol. The van der Waals surface area contributed by atoms with Gasteiger partial charge in [-0.2, -0.15) is 0 Å². The zero-order valence-electron chi connectivity index (χ0n) is 12.6. The Kier molecular flexibility index (Phi) is 6.77. The van der Waals surface area contributed by atoms with Crippen molar-refractivity contribution in [3.63, 3.8) is 0 Å². The van der Waals surface area contributed by atoms with Gasteiger partial charge in [0.1, 0.15) is 4.99 Å². The van der Waals surface area contributed by atoms with Crippen LogP contribution in [0.3, 0.4) is 0 Å². The molecule has 0 unspecified atom stereocenters. The van der Waals surface area contributed by atoms with Gasteiger partial charge in [-0.15, -0.1) is 0 Å². The van der Waals surface area contributed by atoms with E-state index in [1.54, 1.807) is 0 Å². The van der Waals surface area contributed by atoms with E-state index in [0.717, 1.165) is 17.8 Å². The maximum absolute atomic E-state index is 6.05. The number of thiocarbonyl (C=S) groups is 1. The maximum Gasteiger partial charge on any atom is 0.106 e. The lowest BCUT2D eigenvalue weighted by molar-refractivity contribution is 0.342. The summed E-state index contributed by atoms with van der Waals surface area (Å²) in [5.41, 5.74) is 7.77. The van der Waals surface area contributed by atoms with Crippen LogP contribution in [-0.2, 0) is 0 Å². The van der Waals surface area contributed by atoms with Gasteiger partial charge in [-0.05, 0) is 30.0 Å². The molecule has 0 saturated carbocycles. The molecule has 0 atom stereocenters. The molecule has 1 aromatic carbocycles. The van der Waals surface area contributed by atoms with E-state index in [0.29, 0.717) is 10.0 Å². The Morgan fingerprint density at radius 3 is 2.65 bits per heavy atom. The molecule has 0 fully saturated rings. The van der Waals surface area contributed by atoms with Crippen molar-refractivity contribution in [2.45, 2.75) is 46.5 Å². The fourth-order valence-corrected chi connectivity index (χ4v) is 2.50. The van der Waals surface area contributed by atoms with Crippen LogP contribution in [0.1, 0.15) is 52.0 Å². The second kappa shape index (κ2) is 7.84. The number of nitrogens with one attached hydrogen (secondary N) is 1. The zero-order valence-corrected chi connectivity index (χ0v) is 14.2. The summed E-state index contributed by atoms with van der Waals surface area (Å²) in [5, 5.41) is 4.14. The SMILES string of the molecule is CCCCCC(C)(C)CNc1cc(Cl)ccc1C(N)=S. The lowest BCUT2D eigenvalue weighted by Crippen LogP contribution is -2.24. The Hall–Kier alpha value is -0.800. The van der Waals surface area contributed by atoms with Gasteiger partial charge in [0.2, 0.25) is 0 Å². The first-order chi connectivity index (χ1) is 9.35. The number of nitrogens with two attached hydrogens (primary N) is 1. The molecule has 112 valence electrons. The normalized spacial score (nSPS) is 11.4. The highest BCUT2D eigenvalue weighted by Crippen LogP contribution is 2.27. The topological polar surface area (TPSA) is 38.0 Å². The van der Waals surface area contributed by atoms with Crippen LogP contribution < -0.4 is 11.1 Å². The Labute approximate surface area is 133 Å².